The summed E-state index contributed by atoms with van der Waals surface area (Å²) in [5, 5.41) is 1.39. The molecule has 1 aromatic rings. The molecule has 0 unspecified atom stereocenters. The third-order valence-electron chi connectivity index (χ3n) is 5.73. The number of piperidine rings is 1. The summed E-state index contributed by atoms with van der Waals surface area (Å²) in [5.41, 5.74) is 0.588. The Morgan fingerprint density at radius 2 is 1.58 bits per heavy atom. The molecule has 0 radical (unpaired) electrons. The van der Waals surface area contributed by atoms with Crippen molar-refractivity contribution in [3.8, 4) is 0 Å². The zero-order valence-electron chi connectivity index (χ0n) is 16.9. The standard InChI is InChI=1S/C21H37NOSi/c1-18(16-22-20(2,3)14-11-15-21(22,4)5)17-23-24(6,7)19-12-9-8-10-13-19/h8-10,12-13,18H,11,14-17H2,1-7H3/t18-/m1/s1. The average Bonchev–Trinajstić information content (AvgIpc) is 2.50. The third-order valence-corrected chi connectivity index (χ3v) is 8.34. The molecule has 24 heavy (non-hydrogen) atoms. The van der Waals surface area contributed by atoms with Gasteiger partial charge in [0.25, 0.3) is 0 Å². The summed E-state index contributed by atoms with van der Waals surface area (Å²) in [6.07, 6.45) is 3.94. The van der Waals surface area contributed by atoms with E-state index in [4.69, 9.17) is 4.43 Å². The summed E-state index contributed by atoms with van der Waals surface area (Å²) in [6.45, 7) is 18.6. The molecular weight excluding hydrogens is 310 g/mol. The van der Waals surface area contributed by atoms with Gasteiger partial charge < -0.3 is 4.43 Å². The number of hydrogen-bond donors (Lipinski definition) is 0. The molecule has 1 atom stereocenters. The molecule has 0 N–H and O–H groups in total. The second-order valence-corrected chi connectivity index (χ2v) is 13.3. The third kappa shape index (κ3) is 4.71. The largest absolute Gasteiger partial charge is 0.413 e. The van der Waals surface area contributed by atoms with Crippen LogP contribution in [0.5, 0.6) is 0 Å². The Morgan fingerprint density at radius 1 is 1.04 bits per heavy atom. The topological polar surface area (TPSA) is 12.5 Å². The number of likely N-dealkylation sites (tertiary alicyclic amines) is 1. The van der Waals surface area contributed by atoms with Gasteiger partial charge in [0.1, 0.15) is 0 Å². The minimum Gasteiger partial charge on any atom is -0.413 e. The van der Waals surface area contributed by atoms with Gasteiger partial charge in [0.15, 0.2) is 0 Å². The van der Waals surface area contributed by atoms with Crippen LogP contribution < -0.4 is 5.19 Å². The van der Waals surface area contributed by atoms with Gasteiger partial charge in [-0.05, 0) is 71.2 Å². The number of hydrogen-bond acceptors (Lipinski definition) is 2. The molecule has 0 amide bonds. The predicted octanol–water partition coefficient (Wildman–Crippen LogP) is 4.79. The Labute approximate surface area is 150 Å². The van der Waals surface area contributed by atoms with Crippen molar-refractivity contribution in [1.82, 2.24) is 4.90 Å². The van der Waals surface area contributed by atoms with Crippen molar-refractivity contribution in [3.05, 3.63) is 30.3 Å². The Kier molecular flexibility index (Phi) is 5.99. The molecular formula is C21H37NOSi. The van der Waals surface area contributed by atoms with E-state index in [0.717, 1.165) is 13.2 Å². The first-order chi connectivity index (χ1) is 11.0. The van der Waals surface area contributed by atoms with E-state index in [9.17, 15) is 0 Å². The van der Waals surface area contributed by atoms with Gasteiger partial charge in [-0.3, -0.25) is 4.90 Å². The van der Waals surface area contributed by atoms with Crippen molar-refractivity contribution in [2.24, 2.45) is 5.92 Å². The first-order valence-electron chi connectivity index (χ1n) is 9.52. The molecule has 1 saturated heterocycles. The summed E-state index contributed by atoms with van der Waals surface area (Å²) >= 11 is 0. The molecule has 3 heteroatoms. The molecule has 2 nitrogen and oxygen atoms in total. The van der Waals surface area contributed by atoms with E-state index >= 15 is 0 Å². The van der Waals surface area contributed by atoms with Crippen LogP contribution in [-0.4, -0.2) is 37.4 Å². The van der Waals surface area contributed by atoms with E-state index in [2.05, 4.69) is 82.9 Å². The SMILES string of the molecule is C[C@@H](CO[Si](C)(C)c1ccccc1)CN1C(C)(C)CCCC1(C)C. The molecule has 1 heterocycles. The van der Waals surface area contributed by atoms with Crippen LogP contribution in [0.4, 0.5) is 0 Å². The van der Waals surface area contributed by atoms with Crippen LogP contribution >= 0.6 is 0 Å². The van der Waals surface area contributed by atoms with Gasteiger partial charge in [0.2, 0.25) is 8.32 Å². The van der Waals surface area contributed by atoms with Crippen molar-refractivity contribution >= 4 is 13.5 Å². The smallest absolute Gasteiger partial charge is 0.218 e. The van der Waals surface area contributed by atoms with Crippen LogP contribution in [0.3, 0.4) is 0 Å². The zero-order valence-corrected chi connectivity index (χ0v) is 17.9. The minimum absolute atomic E-state index is 0.294. The maximum Gasteiger partial charge on any atom is 0.218 e. The van der Waals surface area contributed by atoms with Crippen molar-refractivity contribution in [2.45, 2.75) is 78.1 Å². The molecule has 1 aliphatic heterocycles. The lowest BCUT2D eigenvalue weighted by atomic mass is 9.79. The van der Waals surface area contributed by atoms with Crippen molar-refractivity contribution in [2.75, 3.05) is 13.2 Å². The second-order valence-electron chi connectivity index (χ2n) is 9.38. The zero-order chi connectivity index (χ0) is 18.0. The fraction of sp³-hybridized carbons (Fsp3) is 0.714. The van der Waals surface area contributed by atoms with Crippen LogP contribution in [0.15, 0.2) is 30.3 Å². The van der Waals surface area contributed by atoms with Gasteiger partial charge in [-0.2, -0.15) is 0 Å². The van der Waals surface area contributed by atoms with Gasteiger partial charge in [-0.1, -0.05) is 37.3 Å². The molecule has 136 valence electrons. The normalized spacial score (nSPS) is 22.3. The lowest BCUT2D eigenvalue weighted by Gasteiger charge is -2.54. The molecule has 1 aliphatic rings. The second kappa shape index (κ2) is 7.31. The van der Waals surface area contributed by atoms with E-state index in [1.165, 1.54) is 24.4 Å². The maximum absolute atomic E-state index is 6.47. The Morgan fingerprint density at radius 3 is 2.12 bits per heavy atom. The van der Waals surface area contributed by atoms with E-state index in [1.54, 1.807) is 0 Å². The van der Waals surface area contributed by atoms with Crippen molar-refractivity contribution in [1.29, 1.82) is 0 Å². The van der Waals surface area contributed by atoms with E-state index in [1.807, 2.05) is 0 Å². The Bertz CT molecular complexity index is 508. The molecule has 0 saturated carbocycles. The Hall–Kier alpha value is -0.643. The van der Waals surface area contributed by atoms with E-state index in [0.29, 0.717) is 17.0 Å². The highest BCUT2D eigenvalue weighted by molar-refractivity contribution is 6.84. The molecule has 1 fully saturated rings. The summed E-state index contributed by atoms with van der Waals surface area (Å²) in [6, 6.07) is 10.8. The summed E-state index contributed by atoms with van der Waals surface area (Å²) < 4.78 is 6.47. The van der Waals surface area contributed by atoms with Crippen molar-refractivity contribution < 1.29 is 4.43 Å². The number of nitrogens with zero attached hydrogens (tertiary/aromatic N) is 1. The molecule has 0 aromatic heterocycles. The molecule has 2 rings (SSSR count). The van der Waals surface area contributed by atoms with Crippen molar-refractivity contribution in [3.63, 3.8) is 0 Å². The molecule has 1 aromatic carbocycles. The highest BCUT2D eigenvalue weighted by Gasteiger charge is 2.41. The van der Waals surface area contributed by atoms with Gasteiger partial charge in [-0.15, -0.1) is 0 Å². The lowest BCUT2D eigenvalue weighted by molar-refractivity contribution is -0.0400. The monoisotopic (exact) mass is 347 g/mol. The summed E-state index contributed by atoms with van der Waals surface area (Å²) in [4.78, 5) is 2.73. The summed E-state index contributed by atoms with van der Waals surface area (Å²) in [7, 11) is -1.80. The molecule has 0 spiro atoms. The quantitative estimate of drug-likeness (QED) is 0.686. The maximum atomic E-state index is 6.47. The lowest BCUT2D eigenvalue weighted by Crippen LogP contribution is -2.60. The number of rotatable bonds is 6. The number of benzene rings is 1. The van der Waals surface area contributed by atoms with Crippen LogP contribution in [-0.2, 0) is 4.43 Å². The minimum atomic E-state index is -1.80. The molecule has 0 aliphatic carbocycles. The van der Waals surface area contributed by atoms with Gasteiger partial charge in [0.05, 0.1) is 0 Å². The van der Waals surface area contributed by atoms with Gasteiger partial charge >= 0.3 is 0 Å². The van der Waals surface area contributed by atoms with Crippen LogP contribution in [0, 0.1) is 5.92 Å². The average molecular weight is 348 g/mol. The first-order valence-corrected chi connectivity index (χ1v) is 12.4. The predicted molar refractivity (Wildman–Crippen MR) is 107 cm³/mol. The highest BCUT2D eigenvalue weighted by atomic mass is 28.4. The van der Waals surface area contributed by atoms with Crippen LogP contribution in [0.1, 0.15) is 53.9 Å². The van der Waals surface area contributed by atoms with Gasteiger partial charge in [-0.25, -0.2) is 0 Å². The highest BCUT2D eigenvalue weighted by Crippen LogP contribution is 2.38. The van der Waals surface area contributed by atoms with Crippen LogP contribution in [0.2, 0.25) is 13.1 Å². The first kappa shape index (κ1) is 19.7. The Balaban J connectivity index is 1.96. The van der Waals surface area contributed by atoms with E-state index in [-0.39, 0.29) is 0 Å². The fourth-order valence-electron chi connectivity index (χ4n) is 4.17. The fourth-order valence-corrected chi connectivity index (χ4v) is 6.04. The summed E-state index contributed by atoms with van der Waals surface area (Å²) in [5.74, 6) is 0.553. The molecule has 0 bridgehead atoms. The van der Waals surface area contributed by atoms with Gasteiger partial charge in [0, 0.05) is 24.2 Å². The van der Waals surface area contributed by atoms with E-state index < -0.39 is 8.32 Å². The van der Waals surface area contributed by atoms with Crippen LogP contribution in [0.25, 0.3) is 0 Å².